The maximum absolute atomic E-state index is 11.6. The van der Waals surface area contributed by atoms with E-state index in [1.165, 1.54) is 0 Å². The Morgan fingerprint density at radius 1 is 1.67 bits per heavy atom. The molecule has 15 heavy (non-hydrogen) atoms. The van der Waals surface area contributed by atoms with Crippen LogP contribution in [0, 0.1) is 12.8 Å². The minimum atomic E-state index is -0.0211. The van der Waals surface area contributed by atoms with Crippen LogP contribution in [0.4, 0.5) is 11.5 Å². The largest absolute Gasteiger partial charge is 0.394 e. The number of nitrogen functional groups attached to an aromatic ring is 1. The monoisotopic (exact) mass is 210 g/mol. The first-order chi connectivity index (χ1) is 6.97. The van der Waals surface area contributed by atoms with E-state index in [2.05, 4.69) is 10.4 Å². The molecular formula is C10H18N4O. The number of hydrogen-bond donors (Lipinski definition) is 2. The lowest BCUT2D eigenvalue weighted by atomic mass is 10.1. The van der Waals surface area contributed by atoms with Crippen LogP contribution in [0.2, 0.25) is 0 Å². The number of aromatic nitrogens is 2. The number of nitrogens with two attached hydrogens (primary N) is 1. The molecule has 1 heterocycles. The normalized spacial score (nSPS) is 12.5. The quantitative estimate of drug-likeness (QED) is 0.789. The average Bonchev–Trinajstić information content (AvgIpc) is 2.43. The number of carbonyl (C=O) groups is 1. The van der Waals surface area contributed by atoms with E-state index in [1.807, 2.05) is 20.8 Å². The van der Waals surface area contributed by atoms with Crippen molar-refractivity contribution in [3.05, 3.63) is 5.69 Å². The molecule has 0 bridgehead atoms. The third-order valence-corrected chi connectivity index (χ3v) is 2.57. The molecule has 84 valence electrons. The van der Waals surface area contributed by atoms with Gasteiger partial charge in [0.15, 0.2) is 5.82 Å². The van der Waals surface area contributed by atoms with Crippen LogP contribution in [-0.4, -0.2) is 15.7 Å². The number of anilines is 2. The molecule has 1 aromatic rings. The van der Waals surface area contributed by atoms with E-state index < -0.39 is 0 Å². The van der Waals surface area contributed by atoms with Crippen molar-refractivity contribution in [2.75, 3.05) is 11.1 Å². The number of nitrogens with one attached hydrogen (secondary N) is 1. The minimum absolute atomic E-state index is 0.0143. The van der Waals surface area contributed by atoms with E-state index in [9.17, 15) is 4.79 Å². The zero-order chi connectivity index (χ0) is 11.6. The molecule has 5 heteroatoms. The summed E-state index contributed by atoms with van der Waals surface area (Å²) in [7, 11) is 1.76. The van der Waals surface area contributed by atoms with Gasteiger partial charge in [-0.1, -0.05) is 13.8 Å². The van der Waals surface area contributed by atoms with Gasteiger partial charge in [0.05, 0.1) is 11.4 Å². The van der Waals surface area contributed by atoms with Gasteiger partial charge in [0.25, 0.3) is 0 Å². The molecule has 0 aliphatic rings. The van der Waals surface area contributed by atoms with Gasteiger partial charge in [-0.05, 0) is 13.3 Å². The standard InChI is InChI=1S/C10H18N4O/c1-5-6(2)10(15)12-9-8(11)7(3)13-14(9)4/h6H,5,11H2,1-4H3,(H,12,15). The Kier molecular flexibility index (Phi) is 3.34. The second-order valence-corrected chi connectivity index (χ2v) is 3.77. The molecule has 0 aliphatic carbocycles. The van der Waals surface area contributed by atoms with E-state index >= 15 is 0 Å². The second-order valence-electron chi connectivity index (χ2n) is 3.77. The van der Waals surface area contributed by atoms with Crippen molar-refractivity contribution >= 4 is 17.4 Å². The molecule has 1 amide bonds. The van der Waals surface area contributed by atoms with Crippen LogP contribution in [0.15, 0.2) is 0 Å². The van der Waals surface area contributed by atoms with Gasteiger partial charge in [0.1, 0.15) is 0 Å². The van der Waals surface area contributed by atoms with Gasteiger partial charge in [-0.3, -0.25) is 9.48 Å². The smallest absolute Gasteiger partial charge is 0.228 e. The third kappa shape index (κ3) is 2.29. The Bertz CT molecular complexity index is 370. The molecule has 0 spiro atoms. The molecule has 0 saturated heterocycles. The summed E-state index contributed by atoms with van der Waals surface area (Å²) in [5.74, 6) is 0.546. The fourth-order valence-electron chi connectivity index (χ4n) is 1.25. The van der Waals surface area contributed by atoms with E-state index in [1.54, 1.807) is 11.7 Å². The minimum Gasteiger partial charge on any atom is -0.394 e. The van der Waals surface area contributed by atoms with Crippen LogP contribution in [0.25, 0.3) is 0 Å². The van der Waals surface area contributed by atoms with E-state index in [4.69, 9.17) is 5.73 Å². The molecule has 0 aliphatic heterocycles. The zero-order valence-electron chi connectivity index (χ0n) is 9.66. The Hall–Kier alpha value is -1.52. The molecule has 0 aromatic carbocycles. The van der Waals surface area contributed by atoms with Crippen molar-refractivity contribution in [1.29, 1.82) is 0 Å². The molecule has 0 saturated carbocycles. The lowest BCUT2D eigenvalue weighted by Crippen LogP contribution is -2.21. The lowest BCUT2D eigenvalue weighted by Gasteiger charge is -2.10. The highest BCUT2D eigenvalue weighted by Gasteiger charge is 2.16. The van der Waals surface area contributed by atoms with E-state index in [0.29, 0.717) is 11.5 Å². The van der Waals surface area contributed by atoms with Gasteiger partial charge in [0, 0.05) is 13.0 Å². The predicted molar refractivity (Wildman–Crippen MR) is 60.4 cm³/mol. The van der Waals surface area contributed by atoms with Crippen molar-refractivity contribution in [2.24, 2.45) is 13.0 Å². The van der Waals surface area contributed by atoms with Gasteiger partial charge in [-0.15, -0.1) is 0 Å². The van der Waals surface area contributed by atoms with Crippen LogP contribution in [-0.2, 0) is 11.8 Å². The summed E-state index contributed by atoms with van der Waals surface area (Å²) < 4.78 is 1.59. The van der Waals surface area contributed by atoms with Gasteiger partial charge >= 0.3 is 0 Å². The first kappa shape index (κ1) is 11.6. The average molecular weight is 210 g/mol. The molecule has 0 radical (unpaired) electrons. The molecule has 0 fully saturated rings. The Morgan fingerprint density at radius 2 is 2.27 bits per heavy atom. The molecule has 5 nitrogen and oxygen atoms in total. The summed E-state index contributed by atoms with van der Waals surface area (Å²) in [4.78, 5) is 11.6. The first-order valence-corrected chi connectivity index (χ1v) is 5.07. The maximum atomic E-state index is 11.6. The molecular weight excluding hydrogens is 192 g/mol. The predicted octanol–water partition coefficient (Wildman–Crippen LogP) is 1.30. The summed E-state index contributed by atoms with van der Waals surface area (Å²) in [5.41, 5.74) is 7.06. The van der Waals surface area contributed by atoms with Crippen molar-refractivity contribution < 1.29 is 4.79 Å². The lowest BCUT2D eigenvalue weighted by molar-refractivity contribution is -0.119. The summed E-state index contributed by atoms with van der Waals surface area (Å²) in [6.07, 6.45) is 0.808. The number of rotatable bonds is 3. The van der Waals surface area contributed by atoms with Crippen LogP contribution in [0.5, 0.6) is 0 Å². The SMILES string of the molecule is CCC(C)C(=O)Nc1c(N)c(C)nn1C. The Balaban J connectivity index is 2.85. The summed E-state index contributed by atoms with van der Waals surface area (Å²) in [5, 5.41) is 6.91. The van der Waals surface area contributed by atoms with Crippen LogP contribution < -0.4 is 11.1 Å². The molecule has 1 atom stereocenters. The Labute approximate surface area is 89.6 Å². The number of amides is 1. The van der Waals surface area contributed by atoms with Crippen molar-refractivity contribution in [3.63, 3.8) is 0 Å². The number of nitrogens with zero attached hydrogens (tertiary/aromatic N) is 2. The first-order valence-electron chi connectivity index (χ1n) is 5.07. The number of aryl methyl sites for hydroxylation is 2. The fourth-order valence-corrected chi connectivity index (χ4v) is 1.25. The number of carbonyl (C=O) groups excluding carboxylic acids is 1. The molecule has 1 rings (SSSR count). The van der Waals surface area contributed by atoms with E-state index in [0.717, 1.165) is 12.1 Å². The Morgan fingerprint density at radius 3 is 2.67 bits per heavy atom. The summed E-state index contributed by atoms with van der Waals surface area (Å²) >= 11 is 0. The van der Waals surface area contributed by atoms with E-state index in [-0.39, 0.29) is 11.8 Å². The van der Waals surface area contributed by atoms with Gasteiger partial charge in [-0.25, -0.2) is 0 Å². The molecule has 1 unspecified atom stereocenters. The second kappa shape index (κ2) is 4.33. The maximum Gasteiger partial charge on any atom is 0.228 e. The zero-order valence-corrected chi connectivity index (χ0v) is 9.66. The van der Waals surface area contributed by atoms with Crippen molar-refractivity contribution in [3.8, 4) is 0 Å². The van der Waals surface area contributed by atoms with Crippen molar-refractivity contribution in [2.45, 2.75) is 27.2 Å². The topological polar surface area (TPSA) is 72.9 Å². The van der Waals surface area contributed by atoms with Crippen LogP contribution in [0.3, 0.4) is 0 Å². The highest BCUT2D eigenvalue weighted by molar-refractivity contribution is 5.94. The van der Waals surface area contributed by atoms with Crippen LogP contribution >= 0.6 is 0 Å². The molecule has 3 N–H and O–H groups in total. The third-order valence-electron chi connectivity index (χ3n) is 2.57. The highest BCUT2D eigenvalue weighted by atomic mass is 16.2. The van der Waals surface area contributed by atoms with Crippen LogP contribution in [0.1, 0.15) is 26.0 Å². The highest BCUT2D eigenvalue weighted by Crippen LogP contribution is 2.21. The van der Waals surface area contributed by atoms with Gasteiger partial charge < -0.3 is 11.1 Å². The van der Waals surface area contributed by atoms with Crippen molar-refractivity contribution in [1.82, 2.24) is 9.78 Å². The van der Waals surface area contributed by atoms with Gasteiger partial charge in [0.2, 0.25) is 5.91 Å². The summed E-state index contributed by atoms with van der Waals surface area (Å²) in [6.45, 7) is 5.67. The fraction of sp³-hybridized carbons (Fsp3) is 0.600. The molecule has 1 aromatic heterocycles. The summed E-state index contributed by atoms with van der Waals surface area (Å²) in [6, 6.07) is 0. The van der Waals surface area contributed by atoms with Gasteiger partial charge in [-0.2, -0.15) is 5.10 Å². The number of hydrogen-bond acceptors (Lipinski definition) is 3.